The molecule has 1 heterocycles. The number of hydrogen-bond acceptors (Lipinski definition) is 2. The molecule has 0 radical (unpaired) electrons. The number of fused-ring (bicyclic) bond motifs is 1. The van der Waals surface area contributed by atoms with Crippen LogP contribution in [0.1, 0.15) is 17.2 Å². The normalized spacial score (nSPS) is 17.6. The van der Waals surface area contributed by atoms with E-state index in [0.717, 1.165) is 16.9 Å². The number of carbonyl (C=O) groups excluding carboxylic acids is 1. The second kappa shape index (κ2) is 4.18. The highest BCUT2D eigenvalue weighted by molar-refractivity contribution is 6.03. The Morgan fingerprint density at radius 1 is 0.944 bits per heavy atom. The molecule has 0 aromatic heterocycles. The zero-order valence-corrected chi connectivity index (χ0v) is 10.1. The fourth-order valence-corrected chi connectivity index (χ4v) is 2.14. The van der Waals surface area contributed by atoms with Crippen LogP contribution in [0.5, 0.6) is 0 Å². The molecule has 18 heavy (non-hydrogen) atoms. The van der Waals surface area contributed by atoms with E-state index < -0.39 is 0 Å². The molecule has 0 saturated heterocycles. The molecule has 1 amide bonds. The van der Waals surface area contributed by atoms with E-state index >= 15 is 0 Å². The summed E-state index contributed by atoms with van der Waals surface area (Å²) in [4.78, 5) is 12.1. The molecule has 2 aromatic carbocycles. The molecule has 0 aliphatic carbocycles. The largest absolute Gasteiger partial charge is 0.368 e. The molecule has 0 bridgehead atoms. The van der Waals surface area contributed by atoms with Gasteiger partial charge in [0, 0.05) is 0 Å². The lowest BCUT2D eigenvalue weighted by Crippen LogP contribution is -2.31. The second-order valence-electron chi connectivity index (χ2n) is 4.52. The van der Waals surface area contributed by atoms with Crippen molar-refractivity contribution >= 4 is 17.3 Å². The van der Waals surface area contributed by atoms with Crippen molar-refractivity contribution in [2.24, 2.45) is 0 Å². The van der Waals surface area contributed by atoms with Crippen LogP contribution in [0, 0.1) is 6.92 Å². The van der Waals surface area contributed by atoms with E-state index in [9.17, 15) is 4.79 Å². The third-order valence-electron chi connectivity index (χ3n) is 3.16. The van der Waals surface area contributed by atoms with Crippen LogP contribution in [-0.4, -0.2) is 5.91 Å². The first-order valence-corrected chi connectivity index (χ1v) is 5.97. The number of amides is 1. The number of hydrogen-bond donors (Lipinski definition) is 2. The third-order valence-corrected chi connectivity index (χ3v) is 3.16. The van der Waals surface area contributed by atoms with Crippen molar-refractivity contribution in [3.8, 4) is 0 Å². The smallest absolute Gasteiger partial charge is 0.251 e. The van der Waals surface area contributed by atoms with E-state index in [4.69, 9.17) is 0 Å². The van der Waals surface area contributed by atoms with Gasteiger partial charge in [0.05, 0.1) is 11.4 Å². The standard InChI is InChI=1S/C15H14N2O/c1-10-6-8-11(9-7-10)14-15(18)17-13-5-3-2-4-12(13)16-14/h2-9,14,16H,1H3,(H,17,18). The van der Waals surface area contributed by atoms with Gasteiger partial charge < -0.3 is 10.6 Å². The van der Waals surface area contributed by atoms with Gasteiger partial charge in [-0.1, -0.05) is 42.0 Å². The van der Waals surface area contributed by atoms with Crippen molar-refractivity contribution in [1.29, 1.82) is 0 Å². The molecule has 0 spiro atoms. The van der Waals surface area contributed by atoms with Gasteiger partial charge in [0.2, 0.25) is 0 Å². The van der Waals surface area contributed by atoms with Crippen LogP contribution < -0.4 is 10.6 Å². The number of nitrogens with one attached hydrogen (secondary N) is 2. The Kier molecular flexibility index (Phi) is 2.52. The third kappa shape index (κ3) is 1.84. The Morgan fingerprint density at radius 2 is 1.61 bits per heavy atom. The highest BCUT2D eigenvalue weighted by Crippen LogP contribution is 2.31. The summed E-state index contributed by atoms with van der Waals surface area (Å²) in [5.74, 6) is -0.0162. The molecule has 3 rings (SSSR count). The summed E-state index contributed by atoms with van der Waals surface area (Å²) >= 11 is 0. The van der Waals surface area contributed by atoms with E-state index in [-0.39, 0.29) is 11.9 Å². The summed E-state index contributed by atoms with van der Waals surface area (Å²) < 4.78 is 0. The van der Waals surface area contributed by atoms with Crippen molar-refractivity contribution < 1.29 is 4.79 Å². The van der Waals surface area contributed by atoms with Gasteiger partial charge in [0.1, 0.15) is 6.04 Å². The predicted molar refractivity (Wildman–Crippen MR) is 72.6 cm³/mol. The molecule has 1 aliphatic heterocycles. The van der Waals surface area contributed by atoms with E-state index in [2.05, 4.69) is 10.6 Å². The molecule has 2 N–H and O–H groups in total. The molecule has 1 aliphatic rings. The molecule has 0 fully saturated rings. The summed E-state index contributed by atoms with van der Waals surface area (Å²) in [5, 5.41) is 6.19. The van der Waals surface area contributed by atoms with Gasteiger partial charge in [-0.15, -0.1) is 0 Å². The molecule has 3 nitrogen and oxygen atoms in total. The Labute approximate surface area is 106 Å². The van der Waals surface area contributed by atoms with Crippen LogP contribution in [0.3, 0.4) is 0 Å². The maximum atomic E-state index is 12.1. The van der Waals surface area contributed by atoms with Crippen molar-refractivity contribution in [2.75, 3.05) is 10.6 Å². The number of anilines is 2. The average Bonchev–Trinajstić information content (AvgIpc) is 2.39. The van der Waals surface area contributed by atoms with Gasteiger partial charge >= 0.3 is 0 Å². The maximum Gasteiger partial charge on any atom is 0.251 e. The van der Waals surface area contributed by atoms with Crippen molar-refractivity contribution in [3.05, 3.63) is 59.7 Å². The van der Waals surface area contributed by atoms with Crippen LogP contribution in [0.2, 0.25) is 0 Å². The van der Waals surface area contributed by atoms with Crippen LogP contribution in [0.4, 0.5) is 11.4 Å². The first kappa shape index (κ1) is 10.8. The van der Waals surface area contributed by atoms with Crippen LogP contribution in [0.25, 0.3) is 0 Å². The number of para-hydroxylation sites is 2. The van der Waals surface area contributed by atoms with Crippen molar-refractivity contribution in [1.82, 2.24) is 0 Å². The number of benzene rings is 2. The van der Waals surface area contributed by atoms with Gasteiger partial charge in [-0.2, -0.15) is 0 Å². The number of aryl methyl sites for hydroxylation is 1. The maximum absolute atomic E-state index is 12.1. The van der Waals surface area contributed by atoms with Crippen LogP contribution in [-0.2, 0) is 4.79 Å². The SMILES string of the molecule is Cc1ccc(C2Nc3ccccc3NC2=O)cc1. The summed E-state index contributed by atoms with van der Waals surface area (Å²) in [5.41, 5.74) is 3.97. The molecular formula is C15H14N2O. The van der Waals surface area contributed by atoms with E-state index in [1.165, 1.54) is 5.56 Å². The van der Waals surface area contributed by atoms with E-state index in [1.807, 2.05) is 55.5 Å². The molecular weight excluding hydrogens is 224 g/mol. The average molecular weight is 238 g/mol. The minimum absolute atomic E-state index is 0.0162. The first-order chi connectivity index (χ1) is 8.74. The lowest BCUT2D eigenvalue weighted by atomic mass is 10.0. The number of rotatable bonds is 1. The minimum Gasteiger partial charge on any atom is -0.368 e. The Balaban J connectivity index is 1.95. The highest BCUT2D eigenvalue weighted by Gasteiger charge is 2.26. The summed E-state index contributed by atoms with van der Waals surface area (Å²) in [6.07, 6.45) is 0. The van der Waals surface area contributed by atoms with Crippen LogP contribution >= 0.6 is 0 Å². The number of carbonyl (C=O) groups is 1. The van der Waals surface area contributed by atoms with Gasteiger partial charge in [-0.25, -0.2) is 0 Å². The summed E-state index contributed by atoms with van der Waals surface area (Å²) in [6, 6.07) is 15.4. The van der Waals surface area contributed by atoms with Gasteiger partial charge in [0.25, 0.3) is 5.91 Å². The Morgan fingerprint density at radius 3 is 2.33 bits per heavy atom. The lowest BCUT2D eigenvalue weighted by Gasteiger charge is -2.27. The molecule has 3 heteroatoms. The summed E-state index contributed by atoms with van der Waals surface area (Å²) in [6.45, 7) is 2.04. The van der Waals surface area contributed by atoms with Crippen molar-refractivity contribution in [3.63, 3.8) is 0 Å². The minimum atomic E-state index is -0.319. The monoisotopic (exact) mass is 238 g/mol. The Bertz CT molecular complexity index is 590. The van der Waals surface area contributed by atoms with Crippen molar-refractivity contribution in [2.45, 2.75) is 13.0 Å². The van der Waals surface area contributed by atoms with Gasteiger partial charge in [-0.3, -0.25) is 4.79 Å². The fraction of sp³-hybridized carbons (Fsp3) is 0.133. The zero-order valence-electron chi connectivity index (χ0n) is 10.1. The molecule has 1 atom stereocenters. The molecule has 2 aromatic rings. The van der Waals surface area contributed by atoms with Crippen LogP contribution in [0.15, 0.2) is 48.5 Å². The second-order valence-corrected chi connectivity index (χ2v) is 4.52. The first-order valence-electron chi connectivity index (χ1n) is 5.97. The fourth-order valence-electron chi connectivity index (χ4n) is 2.14. The van der Waals surface area contributed by atoms with Gasteiger partial charge in [-0.05, 0) is 24.6 Å². The molecule has 0 saturated carbocycles. The molecule has 90 valence electrons. The Hall–Kier alpha value is -2.29. The zero-order chi connectivity index (χ0) is 12.5. The quantitative estimate of drug-likeness (QED) is 0.801. The molecule has 1 unspecified atom stereocenters. The lowest BCUT2D eigenvalue weighted by molar-refractivity contribution is -0.117. The van der Waals surface area contributed by atoms with E-state index in [0.29, 0.717) is 0 Å². The topological polar surface area (TPSA) is 41.1 Å². The highest BCUT2D eigenvalue weighted by atomic mass is 16.2. The van der Waals surface area contributed by atoms with Gasteiger partial charge in [0.15, 0.2) is 0 Å². The predicted octanol–water partition coefficient (Wildman–Crippen LogP) is 3.10. The summed E-state index contributed by atoms with van der Waals surface area (Å²) in [7, 11) is 0. The van der Waals surface area contributed by atoms with E-state index in [1.54, 1.807) is 0 Å².